The van der Waals surface area contributed by atoms with Crippen molar-refractivity contribution in [2.24, 2.45) is 0 Å². The van der Waals surface area contributed by atoms with E-state index in [9.17, 15) is 9.59 Å². The second kappa shape index (κ2) is 8.47. The maximum atomic E-state index is 12.9. The summed E-state index contributed by atoms with van der Waals surface area (Å²) in [5.74, 6) is -0.213. The second-order valence-corrected chi connectivity index (χ2v) is 6.47. The molecule has 0 fully saturated rings. The van der Waals surface area contributed by atoms with E-state index in [1.165, 1.54) is 0 Å². The normalized spacial score (nSPS) is 11.7. The van der Waals surface area contributed by atoms with Crippen LogP contribution in [0.1, 0.15) is 29.2 Å². The number of carbonyl (C=O) groups is 2. The Morgan fingerprint density at radius 3 is 2.16 bits per heavy atom. The standard InChI is InChI=1S/C21H26N2O2/c1-15-10-16(2)12-19(11-15)13-20(24)23(17(3)21(25)22-4)14-18-8-6-5-7-9-18/h5-12,17H,13-14H2,1-4H3,(H,22,25). The molecule has 2 aromatic carbocycles. The van der Waals surface area contributed by atoms with Crippen LogP contribution in [0.15, 0.2) is 48.5 Å². The summed E-state index contributed by atoms with van der Waals surface area (Å²) in [6.07, 6.45) is 0.288. The molecule has 0 saturated heterocycles. The number of nitrogens with one attached hydrogen (secondary N) is 1. The van der Waals surface area contributed by atoms with Gasteiger partial charge >= 0.3 is 0 Å². The van der Waals surface area contributed by atoms with Gasteiger partial charge in [-0.2, -0.15) is 0 Å². The second-order valence-electron chi connectivity index (χ2n) is 6.47. The Morgan fingerprint density at radius 1 is 1.00 bits per heavy atom. The molecule has 2 rings (SSSR count). The zero-order valence-electron chi connectivity index (χ0n) is 15.4. The maximum Gasteiger partial charge on any atom is 0.242 e. The van der Waals surface area contributed by atoms with E-state index >= 15 is 0 Å². The molecule has 25 heavy (non-hydrogen) atoms. The lowest BCUT2D eigenvalue weighted by molar-refractivity contribution is -0.139. The predicted octanol–water partition coefficient (Wildman–Crippen LogP) is 3.01. The van der Waals surface area contributed by atoms with Crippen molar-refractivity contribution in [2.45, 2.75) is 39.8 Å². The van der Waals surface area contributed by atoms with Crippen molar-refractivity contribution in [3.05, 3.63) is 70.8 Å². The van der Waals surface area contributed by atoms with Gasteiger partial charge in [-0.05, 0) is 31.9 Å². The number of hydrogen-bond acceptors (Lipinski definition) is 2. The van der Waals surface area contributed by atoms with Crippen molar-refractivity contribution in [2.75, 3.05) is 7.05 Å². The first kappa shape index (κ1) is 18.7. The summed E-state index contributed by atoms with van der Waals surface area (Å²) < 4.78 is 0. The number of nitrogens with zero attached hydrogens (tertiary/aromatic N) is 1. The number of likely N-dealkylation sites (N-methyl/N-ethyl adjacent to an activating group) is 1. The zero-order valence-corrected chi connectivity index (χ0v) is 15.4. The van der Waals surface area contributed by atoms with Crippen LogP contribution >= 0.6 is 0 Å². The zero-order chi connectivity index (χ0) is 18.4. The van der Waals surface area contributed by atoms with E-state index in [-0.39, 0.29) is 18.2 Å². The maximum absolute atomic E-state index is 12.9. The molecule has 1 atom stereocenters. The highest BCUT2D eigenvalue weighted by atomic mass is 16.2. The first-order valence-electron chi connectivity index (χ1n) is 8.53. The molecule has 4 heteroatoms. The minimum absolute atomic E-state index is 0.0510. The van der Waals surface area contributed by atoms with Crippen molar-refractivity contribution >= 4 is 11.8 Å². The highest BCUT2D eigenvalue weighted by molar-refractivity contribution is 5.88. The molecular formula is C21H26N2O2. The molecule has 0 heterocycles. The van der Waals surface area contributed by atoms with Crippen LogP contribution in [0.5, 0.6) is 0 Å². The largest absolute Gasteiger partial charge is 0.357 e. The third kappa shape index (κ3) is 5.18. The summed E-state index contributed by atoms with van der Waals surface area (Å²) >= 11 is 0. The molecule has 2 amide bonds. The van der Waals surface area contributed by atoms with Gasteiger partial charge in [0.05, 0.1) is 6.42 Å². The monoisotopic (exact) mass is 338 g/mol. The average Bonchev–Trinajstić information content (AvgIpc) is 2.58. The fourth-order valence-electron chi connectivity index (χ4n) is 3.02. The quantitative estimate of drug-likeness (QED) is 0.880. The number of rotatable bonds is 6. The van der Waals surface area contributed by atoms with Gasteiger partial charge in [0, 0.05) is 13.6 Å². The van der Waals surface area contributed by atoms with Gasteiger partial charge in [-0.15, -0.1) is 0 Å². The Kier molecular flexibility index (Phi) is 6.34. The highest BCUT2D eigenvalue weighted by Gasteiger charge is 2.25. The van der Waals surface area contributed by atoms with Crippen molar-refractivity contribution in [1.29, 1.82) is 0 Å². The van der Waals surface area contributed by atoms with E-state index in [1.807, 2.05) is 56.3 Å². The van der Waals surface area contributed by atoms with Crippen molar-refractivity contribution < 1.29 is 9.59 Å². The number of aryl methyl sites for hydroxylation is 2. The van der Waals surface area contributed by atoms with Crippen LogP contribution in [0.3, 0.4) is 0 Å². The van der Waals surface area contributed by atoms with Crippen LogP contribution in [0.4, 0.5) is 0 Å². The Balaban J connectivity index is 2.23. The average molecular weight is 338 g/mol. The van der Waals surface area contributed by atoms with Crippen molar-refractivity contribution in [3.8, 4) is 0 Å². The van der Waals surface area contributed by atoms with E-state index in [0.717, 1.165) is 22.3 Å². The summed E-state index contributed by atoms with van der Waals surface area (Å²) in [4.78, 5) is 26.7. The van der Waals surface area contributed by atoms with E-state index in [4.69, 9.17) is 0 Å². The van der Waals surface area contributed by atoms with E-state index in [2.05, 4.69) is 11.4 Å². The van der Waals surface area contributed by atoms with Gasteiger partial charge in [0.15, 0.2) is 0 Å². The molecule has 0 aromatic heterocycles. The lowest BCUT2D eigenvalue weighted by atomic mass is 10.0. The molecule has 1 unspecified atom stereocenters. The van der Waals surface area contributed by atoms with Crippen LogP contribution in [-0.2, 0) is 22.6 Å². The summed E-state index contributed by atoms with van der Waals surface area (Å²) in [6, 6.07) is 15.4. The SMILES string of the molecule is CNC(=O)C(C)N(Cc1ccccc1)C(=O)Cc1cc(C)cc(C)c1. The third-order valence-corrected chi connectivity index (χ3v) is 4.25. The molecule has 0 saturated carbocycles. The Labute approximate surface area is 149 Å². The third-order valence-electron chi connectivity index (χ3n) is 4.25. The molecule has 2 aromatic rings. The molecule has 4 nitrogen and oxygen atoms in total. The van der Waals surface area contributed by atoms with Crippen LogP contribution in [0.2, 0.25) is 0 Å². The topological polar surface area (TPSA) is 49.4 Å². The van der Waals surface area contributed by atoms with Crippen LogP contribution in [0, 0.1) is 13.8 Å². The van der Waals surface area contributed by atoms with E-state index in [0.29, 0.717) is 6.54 Å². The summed E-state index contributed by atoms with van der Waals surface area (Å²) in [6.45, 7) is 6.23. The Hall–Kier alpha value is -2.62. The fraction of sp³-hybridized carbons (Fsp3) is 0.333. The van der Waals surface area contributed by atoms with Gasteiger partial charge in [0.2, 0.25) is 11.8 Å². The van der Waals surface area contributed by atoms with Crippen molar-refractivity contribution in [3.63, 3.8) is 0 Å². The molecule has 0 spiro atoms. The van der Waals surface area contributed by atoms with Crippen LogP contribution < -0.4 is 5.32 Å². The van der Waals surface area contributed by atoms with Crippen LogP contribution in [0.25, 0.3) is 0 Å². The number of benzene rings is 2. The first-order valence-corrected chi connectivity index (χ1v) is 8.53. The lowest BCUT2D eigenvalue weighted by Gasteiger charge is -2.28. The smallest absolute Gasteiger partial charge is 0.242 e. The van der Waals surface area contributed by atoms with E-state index < -0.39 is 6.04 Å². The molecule has 0 radical (unpaired) electrons. The minimum Gasteiger partial charge on any atom is -0.357 e. The van der Waals surface area contributed by atoms with Gasteiger partial charge in [-0.1, -0.05) is 59.7 Å². The predicted molar refractivity (Wildman–Crippen MR) is 100 cm³/mol. The Morgan fingerprint density at radius 2 is 1.60 bits per heavy atom. The summed E-state index contributed by atoms with van der Waals surface area (Å²) in [7, 11) is 1.59. The van der Waals surface area contributed by atoms with Gasteiger partial charge in [-0.25, -0.2) is 0 Å². The Bertz CT molecular complexity index is 721. The number of hydrogen-bond donors (Lipinski definition) is 1. The molecule has 0 aliphatic heterocycles. The molecule has 0 aliphatic carbocycles. The first-order chi connectivity index (χ1) is 11.9. The number of carbonyl (C=O) groups excluding carboxylic acids is 2. The summed E-state index contributed by atoms with van der Waals surface area (Å²) in [5, 5.41) is 2.64. The lowest BCUT2D eigenvalue weighted by Crippen LogP contribution is -2.47. The van der Waals surface area contributed by atoms with Gasteiger partial charge in [0.25, 0.3) is 0 Å². The summed E-state index contributed by atoms with van der Waals surface area (Å²) in [5.41, 5.74) is 4.25. The molecule has 0 aliphatic rings. The van der Waals surface area contributed by atoms with Gasteiger partial charge in [0.1, 0.15) is 6.04 Å². The molecule has 0 bridgehead atoms. The van der Waals surface area contributed by atoms with Crippen molar-refractivity contribution in [1.82, 2.24) is 10.2 Å². The van der Waals surface area contributed by atoms with Gasteiger partial charge in [-0.3, -0.25) is 9.59 Å². The fourth-order valence-corrected chi connectivity index (χ4v) is 3.02. The number of amides is 2. The van der Waals surface area contributed by atoms with E-state index in [1.54, 1.807) is 18.9 Å². The van der Waals surface area contributed by atoms with Gasteiger partial charge < -0.3 is 10.2 Å². The highest BCUT2D eigenvalue weighted by Crippen LogP contribution is 2.14. The molecule has 1 N–H and O–H groups in total. The van der Waals surface area contributed by atoms with Crippen LogP contribution in [-0.4, -0.2) is 29.8 Å². The molecular weight excluding hydrogens is 312 g/mol. The molecule has 132 valence electrons. The minimum atomic E-state index is -0.524.